The molecule has 56 valence electrons. The molecule has 0 bridgehead atoms. The second-order valence-electron chi connectivity index (χ2n) is 2.07. The molecule has 11 heavy (non-hydrogen) atoms. The van der Waals surface area contributed by atoms with Crippen molar-refractivity contribution in [2.45, 2.75) is 0 Å². The predicted octanol–water partition coefficient (Wildman–Crippen LogP) is 3.02. The molecule has 2 aromatic heterocycles. The number of nitrogens with one attached hydrogen (secondary N) is 2. The van der Waals surface area contributed by atoms with Crippen LogP contribution in [0.4, 0.5) is 0 Å². The molecule has 0 unspecified atom stereocenters. The van der Waals surface area contributed by atoms with Gasteiger partial charge in [-0.1, -0.05) is 12.2 Å². The molecule has 0 radical (unpaired) electrons. The van der Waals surface area contributed by atoms with E-state index in [4.69, 9.17) is 24.4 Å². The van der Waals surface area contributed by atoms with E-state index in [9.17, 15) is 0 Å². The third-order valence-corrected chi connectivity index (χ3v) is 2.92. The Labute approximate surface area is 76.9 Å². The summed E-state index contributed by atoms with van der Waals surface area (Å²) in [5, 5.41) is 1.99. The van der Waals surface area contributed by atoms with Crippen molar-refractivity contribution >= 4 is 46.0 Å². The van der Waals surface area contributed by atoms with E-state index in [-0.39, 0.29) is 0 Å². The molecule has 0 amide bonds. The Morgan fingerprint density at radius 1 is 1.27 bits per heavy atom. The second kappa shape index (κ2) is 2.51. The first kappa shape index (κ1) is 7.15. The molecule has 0 aliphatic rings. The number of fused-ring (bicyclic) bond motifs is 1. The summed E-state index contributed by atoms with van der Waals surface area (Å²) in [4.78, 5) is 5.90. The van der Waals surface area contributed by atoms with Gasteiger partial charge in [0.1, 0.15) is 4.64 Å². The maximum absolute atomic E-state index is 5.06. The van der Waals surface area contributed by atoms with Gasteiger partial charge in [-0.25, -0.2) is 0 Å². The van der Waals surface area contributed by atoms with E-state index in [1.165, 1.54) is 0 Å². The van der Waals surface area contributed by atoms with E-state index < -0.39 is 0 Å². The number of rotatable bonds is 0. The lowest BCUT2D eigenvalue weighted by Crippen LogP contribution is -1.80. The highest BCUT2D eigenvalue weighted by Crippen LogP contribution is 2.17. The molecule has 2 rings (SSSR count). The van der Waals surface area contributed by atoms with Crippen LogP contribution >= 0.6 is 35.8 Å². The maximum Gasteiger partial charge on any atom is 0.175 e. The monoisotopic (exact) mass is 200 g/mol. The van der Waals surface area contributed by atoms with Gasteiger partial charge in [0.25, 0.3) is 0 Å². The highest BCUT2D eigenvalue weighted by Gasteiger charge is 1.95. The number of H-pyrrole nitrogens is 2. The van der Waals surface area contributed by atoms with Gasteiger partial charge >= 0.3 is 0 Å². The standard InChI is InChI=1S/C6H4N2S3/c9-5-4-3(1-2-11-4)7-6(10)8-5/h1-2H,(H2,7,8,9,10). The van der Waals surface area contributed by atoms with Crippen molar-refractivity contribution in [3.05, 3.63) is 20.9 Å². The second-order valence-corrected chi connectivity index (χ2v) is 3.80. The first-order valence-electron chi connectivity index (χ1n) is 2.97. The quantitative estimate of drug-likeness (QED) is 0.641. The van der Waals surface area contributed by atoms with Crippen molar-refractivity contribution in [1.29, 1.82) is 0 Å². The molecular formula is C6H4N2S3. The summed E-state index contributed by atoms with van der Waals surface area (Å²) in [6.07, 6.45) is 0. The summed E-state index contributed by atoms with van der Waals surface area (Å²) in [5.74, 6) is 0. The van der Waals surface area contributed by atoms with Crippen LogP contribution in [0.25, 0.3) is 10.2 Å². The zero-order chi connectivity index (χ0) is 7.84. The van der Waals surface area contributed by atoms with Gasteiger partial charge in [0.05, 0.1) is 10.2 Å². The summed E-state index contributed by atoms with van der Waals surface area (Å²) in [7, 11) is 0. The van der Waals surface area contributed by atoms with E-state index in [1.54, 1.807) is 11.3 Å². The topological polar surface area (TPSA) is 31.6 Å². The number of hydrogen-bond acceptors (Lipinski definition) is 3. The lowest BCUT2D eigenvalue weighted by atomic mass is 10.5. The predicted molar refractivity (Wildman–Crippen MR) is 52.2 cm³/mol. The minimum atomic E-state index is 0.584. The van der Waals surface area contributed by atoms with Crippen LogP contribution in [0.15, 0.2) is 11.4 Å². The van der Waals surface area contributed by atoms with Gasteiger partial charge in [-0.2, -0.15) is 0 Å². The zero-order valence-electron chi connectivity index (χ0n) is 5.38. The summed E-state index contributed by atoms with van der Waals surface area (Å²) >= 11 is 11.6. The normalized spacial score (nSPS) is 10.5. The van der Waals surface area contributed by atoms with Crippen LogP contribution in [0.3, 0.4) is 0 Å². The largest absolute Gasteiger partial charge is 0.331 e. The van der Waals surface area contributed by atoms with Crippen molar-refractivity contribution in [3.63, 3.8) is 0 Å². The Bertz CT molecular complexity index is 490. The number of thiophene rings is 1. The van der Waals surface area contributed by atoms with Crippen molar-refractivity contribution in [3.8, 4) is 0 Å². The SMILES string of the molecule is S=c1[nH]c(=S)c2sccc2[nH]1. The Kier molecular flexibility index (Phi) is 1.63. The molecular weight excluding hydrogens is 196 g/mol. The number of aromatic nitrogens is 2. The Hall–Kier alpha value is -0.520. The van der Waals surface area contributed by atoms with Crippen molar-refractivity contribution in [1.82, 2.24) is 9.97 Å². The van der Waals surface area contributed by atoms with Crippen LogP contribution in [0, 0.1) is 9.41 Å². The summed E-state index contributed by atoms with van der Waals surface area (Å²) < 4.78 is 2.37. The van der Waals surface area contributed by atoms with Gasteiger partial charge in [-0.05, 0) is 23.7 Å². The lowest BCUT2D eigenvalue weighted by molar-refractivity contribution is 1.18. The molecule has 0 aliphatic heterocycles. The van der Waals surface area contributed by atoms with Crippen LogP contribution in [-0.2, 0) is 0 Å². The van der Waals surface area contributed by atoms with Crippen molar-refractivity contribution in [2.24, 2.45) is 0 Å². The molecule has 0 aliphatic carbocycles. The lowest BCUT2D eigenvalue weighted by Gasteiger charge is -1.88. The first-order valence-corrected chi connectivity index (χ1v) is 4.67. The zero-order valence-corrected chi connectivity index (χ0v) is 7.83. The van der Waals surface area contributed by atoms with Gasteiger partial charge in [-0.15, -0.1) is 11.3 Å². The fourth-order valence-electron chi connectivity index (χ4n) is 0.897. The molecule has 0 spiro atoms. The summed E-state index contributed by atoms with van der Waals surface area (Å²) in [6, 6.07) is 1.97. The fourth-order valence-corrected chi connectivity index (χ4v) is 2.27. The van der Waals surface area contributed by atoms with Crippen LogP contribution < -0.4 is 0 Å². The molecule has 0 fully saturated rings. The smallest absolute Gasteiger partial charge is 0.175 e. The first-order chi connectivity index (χ1) is 5.27. The van der Waals surface area contributed by atoms with Gasteiger partial charge in [0, 0.05) is 0 Å². The number of hydrogen-bond donors (Lipinski definition) is 2. The minimum Gasteiger partial charge on any atom is -0.331 e. The van der Waals surface area contributed by atoms with E-state index in [2.05, 4.69) is 9.97 Å². The van der Waals surface area contributed by atoms with Gasteiger partial charge < -0.3 is 9.97 Å². The number of aromatic amines is 2. The molecule has 2 aromatic rings. The van der Waals surface area contributed by atoms with E-state index >= 15 is 0 Å². The molecule has 0 saturated heterocycles. The minimum absolute atomic E-state index is 0.584. The molecule has 2 nitrogen and oxygen atoms in total. The van der Waals surface area contributed by atoms with Gasteiger partial charge in [-0.3, -0.25) is 0 Å². The third-order valence-electron chi connectivity index (χ3n) is 1.35. The molecule has 0 saturated carbocycles. The fraction of sp³-hybridized carbons (Fsp3) is 0. The highest BCUT2D eigenvalue weighted by molar-refractivity contribution is 7.72. The average molecular weight is 200 g/mol. The van der Waals surface area contributed by atoms with E-state index in [1.807, 2.05) is 11.4 Å². The Morgan fingerprint density at radius 3 is 2.91 bits per heavy atom. The maximum atomic E-state index is 5.06. The van der Waals surface area contributed by atoms with Crippen LogP contribution in [0.1, 0.15) is 0 Å². The van der Waals surface area contributed by atoms with Crippen LogP contribution in [-0.4, -0.2) is 9.97 Å². The molecule has 2 heterocycles. The molecule has 2 N–H and O–H groups in total. The van der Waals surface area contributed by atoms with Crippen molar-refractivity contribution < 1.29 is 0 Å². The Morgan fingerprint density at radius 2 is 2.09 bits per heavy atom. The van der Waals surface area contributed by atoms with Gasteiger partial charge in [0.15, 0.2) is 4.77 Å². The molecule has 5 heteroatoms. The summed E-state index contributed by atoms with van der Waals surface area (Å²) in [5.41, 5.74) is 1.02. The third kappa shape index (κ3) is 1.15. The van der Waals surface area contributed by atoms with E-state index in [0.29, 0.717) is 4.77 Å². The van der Waals surface area contributed by atoms with E-state index in [0.717, 1.165) is 14.9 Å². The van der Waals surface area contributed by atoms with Crippen LogP contribution in [0.5, 0.6) is 0 Å². The average Bonchev–Trinajstić information content (AvgIpc) is 2.34. The van der Waals surface area contributed by atoms with Crippen LogP contribution in [0.2, 0.25) is 0 Å². The Balaban J connectivity index is 3.15. The van der Waals surface area contributed by atoms with Gasteiger partial charge in [0.2, 0.25) is 0 Å². The summed E-state index contributed by atoms with van der Waals surface area (Å²) in [6.45, 7) is 0. The highest BCUT2D eigenvalue weighted by atomic mass is 32.1. The van der Waals surface area contributed by atoms with Crippen molar-refractivity contribution in [2.75, 3.05) is 0 Å². The molecule has 0 aromatic carbocycles. The molecule has 0 atom stereocenters.